The van der Waals surface area contributed by atoms with Crippen LogP contribution < -0.4 is 0 Å². The van der Waals surface area contributed by atoms with E-state index in [1.807, 2.05) is 24.3 Å². The van der Waals surface area contributed by atoms with E-state index in [4.69, 9.17) is 0 Å². The van der Waals surface area contributed by atoms with Crippen LogP contribution in [0.5, 0.6) is 5.75 Å². The van der Waals surface area contributed by atoms with E-state index in [-0.39, 0.29) is 0 Å². The summed E-state index contributed by atoms with van der Waals surface area (Å²) >= 11 is 0. The van der Waals surface area contributed by atoms with E-state index in [0.29, 0.717) is 5.75 Å². The molecular weight excluding hydrogens is 328 g/mol. The molecule has 6 rings (SSSR count). The highest BCUT2D eigenvalue weighted by molar-refractivity contribution is 6.21. The van der Waals surface area contributed by atoms with Crippen molar-refractivity contribution in [1.82, 2.24) is 0 Å². The normalized spacial score (nSPS) is 12.8. The lowest BCUT2D eigenvalue weighted by Crippen LogP contribution is -1.91. The van der Waals surface area contributed by atoms with Crippen LogP contribution in [-0.4, -0.2) is 5.11 Å². The van der Waals surface area contributed by atoms with Crippen molar-refractivity contribution < 1.29 is 5.11 Å². The summed E-state index contributed by atoms with van der Waals surface area (Å²) in [5.74, 6) is 0.361. The molecule has 0 saturated carbocycles. The van der Waals surface area contributed by atoms with Crippen LogP contribution in [0.4, 0.5) is 0 Å². The first-order chi connectivity index (χ1) is 13.3. The van der Waals surface area contributed by atoms with E-state index in [0.717, 1.165) is 27.3 Å². The molecule has 1 nitrogen and oxygen atoms in total. The van der Waals surface area contributed by atoms with Gasteiger partial charge in [0.1, 0.15) is 5.75 Å². The van der Waals surface area contributed by atoms with Gasteiger partial charge in [0.25, 0.3) is 0 Å². The summed E-state index contributed by atoms with van der Waals surface area (Å²) in [6, 6.07) is 29.3. The molecule has 0 aromatic heterocycles. The highest BCUT2D eigenvalue weighted by Gasteiger charge is 2.23. The summed E-state index contributed by atoms with van der Waals surface area (Å²) in [4.78, 5) is 0. The summed E-state index contributed by atoms with van der Waals surface area (Å²) < 4.78 is 0. The number of aromatic hydroxyl groups is 1. The van der Waals surface area contributed by atoms with E-state index < -0.39 is 0 Å². The first-order valence-electron chi connectivity index (χ1n) is 9.19. The second-order valence-electron chi connectivity index (χ2n) is 7.12. The predicted octanol–water partition coefficient (Wildman–Crippen LogP) is 6.75. The molecule has 0 radical (unpaired) electrons. The maximum absolute atomic E-state index is 11.3. The number of hydrogen-bond acceptors (Lipinski definition) is 1. The molecule has 1 aliphatic carbocycles. The first-order valence-corrected chi connectivity index (χ1v) is 9.19. The molecule has 1 N–H and O–H groups in total. The summed E-state index contributed by atoms with van der Waals surface area (Å²) in [5.41, 5.74) is 4.43. The maximum Gasteiger partial charge on any atom is 0.131 e. The molecule has 0 amide bonds. The molecule has 126 valence electrons. The van der Waals surface area contributed by atoms with Gasteiger partial charge in [0.2, 0.25) is 0 Å². The standard InChI is InChI=1S/C26H16O/c27-26-22-13-4-2-11-19(22)18-10-1-3-12-20(18)25(26)23-15-17-9-5-7-16-8-6-14-21(23)24(16)17/h1-15,27H. The molecule has 0 atom stereocenters. The minimum Gasteiger partial charge on any atom is -0.507 e. The lowest BCUT2D eigenvalue weighted by atomic mass is 9.89. The Morgan fingerprint density at radius 2 is 1.19 bits per heavy atom. The Labute approximate surface area is 156 Å². The van der Waals surface area contributed by atoms with Gasteiger partial charge in [-0.15, -0.1) is 0 Å². The van der Waals surface area contributed by atoms with Crippen molar-refractivity contribution in [2.75, 3.05) is 0 Å². The number of rotatable bonds is 1. The minimum atomic E-state index is 0.361. The largest absolute Gasteiger partial charge is 0.507 e. The van der Waals surface area contributed by atoms with E-state index >= 15 is 0 Å². The summed E-state index contributed by atoms with van der Waals surface area (Å²) in [6.45, 7) is 0. The van der Waals surface area contributed by atoms with Crippen LogP contribution in [0, 0.1) is 0 Å². The number of hydrogen-bond donors (Lipinski definition) is 1. The zero-order chi connectivity index (χ0) is 18.0. The molecule has 5 aromatic rings. The van der Waals surface area contributed by atoms with Gasteiger partial charge in [-0.05, 0) is 49.7 Å². The fourth-order valence-corrected chi connectivity index (χ4v) is 4.55. The van der Waals surface area contributed by atoms with Crippen LogP contribution in [0.15, 0.2) is 84.9 Å². The molecule has 5 aromatic carbocycles. The lowest BCUT2D eigenvalue weighted by molar-refractivity contribution is 0.481. The van der Waals surface area contributed by atoms with Gasteiger partial charge >= 0.3 is 0 Å². The Kier molecular flexibility index (Phi) is 2.81. The Hall–Kier alpha value is -3.58. The number of fused-ring (bicyclic) bond motifs is 3. The van der Waals surface area contributed by atoms with Crippen LogP contribution in [-0.2, 0) is 0 Å². The Balaban J connectivity index is 1.79. The van der Waals surface area contributed by atoms with Crippen molar-refractivity contribution in [1.29, 1.82) is 0 Å². The maximum atomic E-state index is 11.3. The van der Waals surface area contributed by atoms with Crippen LogP contribution >= 0.6 is 0 Å². The van der Waals surface area contributed by atoms with E-state index in [1.165, 1.54) is 27.3 Å². The van der Waals surface area contributed by atoms with Crippen LogP contribution in [0.1, 0.15) is 16.7 Å². The van der Waals surface area contributed by atoms with E-state index in [2.05, 4.69) is 66.7 Å². The van der Waals surface area contributed by atoms with Gasteiger partial charge in [-0.2, -0.15) is 0 Å². The van der Waals surface area contributed by atoms with Crippen molar-refractivity contribution in [3.8, 4) is 5.75 Å². The molecule has 1 heteroatoms. The van der Waals surface area contributed by atoms with Crippen molar-refractivity contribution in [3.63, 3.8) is 0 Å². The van der Waals surface area contributed by atoms with Gasteiger partial charge < -0.3 is 5.11 Å². The first kappa shape index (κ1) is 14.6. The lowest BCUT2D eigenvalue weighted by Gasteiger charge is -2.15. The van der Waals surface area contributed by atoms with Crippen molar-refractivity contribution in [2.24, 2.45) is 0 Å². The molecule has 0 aliphatic heterocycles. The zero-order valence-corrected chi connectivity index (χ0v) is 14.6. The Morgan fingerprint density at radius 1 is 0.556 bits per heavy atom. The highest BCUT2D eigenvalue weighted by atomic mass is 16.3. The smallest absolute Gasteiger partial charge is 0.131 e. The molecular formula is C26H16O. The third-order valence-electron chi connectivity index (χ3n) is 5.70. The molecule has 1 aliphatic rings. The topological polar surface area (TPSA) is 20.2 Å². The SMILES string of the molecule is Oc1c(C2=Cc3cccc4cccc2c34)c2ccccc2c2ccccc12. The van der Waals surface area contributed by atoms with Crippen LogP contribution in [0.25, 0.3) is 44.0 Å². The molecule has 0 unspecified atom stereocenters. The summed E-state index contributed by atoms with van der Waals surface area (Å²) in [5, 5.41) is 18.1. The van der Waals surface area contributed by atoms with E-state index in [1.54, 1.807) is 0 Å². The third-order valence-corrected chi connectivity index (χ3v) is 5.70. The van der Waals surface area contributed by atoms with Gasteiger partial charge in [-0.3, -0.25) is 0 Å². The Morgan fingerprint density at radius 3 is 1.96 bits per heavy atom. The predicted molar refractivity (Wildman–Crippen MR) is 114 cm³/mol. The zero-order valence-electron chi connectivity index (χ0n) is 14.6. The number of phenolic OH excluding ortho intramolecular Hbond substituents is 1. The second-order valence-corrected chi connectivity index (χ2v) is 7.12. The number of phenols is 1. The van der Waals surface area contributed by atoms with E-state index in [9.17, 15) is 5.11 Å². The van der Waals surface area contributed by atoms with Crippen molar-refractivity contribution >= 4 is 44.0 Å². The number of benzene rings is 5. The monoisotopic (exact) mass is 344 g/mol. The van der Waals surface area contributed by atoms with Crippen LogP contribution in [0.3, 0.4) is 0 Å². The van der Waals surface area contributed by atoms with Crippen molar-refractivity contribution in [3.05, 3.63) is 102 Å². The summed E-state index contributed by atoms with van der Waals surface area (Å²) in [7, 11) is 0. The minimum absolute atomic E-state index is 0.361. The molecule has 0 saturated heterocycles. The fourth-order valence-electron chi connectivity index (χ4n) is 4.55. The van der Waals surface area contributed by atoms with Crippen LogP contribution in [0.2, 0.25) is 0 Å². The second kappa shape index (κ2) is 5.21. The van der Waals surface area contributed by atoms with Gasteiger partial charge in [0, 0.05) is 10.9 Å². The average molecular weight is 344 g/mol. The third kappa shape index (κ3) is 1.89. The van der Waals surface area contributed by atoms with Crippen molar-refractivity contribution in [2.45, 2.75) is 0 Å². The fraction of sp³-hybridized carbons (Fsp3) is 0. The van der Waals surface area contributed by atoms with Gasteiger partial charge in [0.05, 0.1) is 0 Å². The quantitative estimate of drug-likeness (QED) is 0.327. The van der Waals surface area contributed by atoms with Gasteiger partial charge in [0.15, 0.2) is 0 Å². The average Bonchev–Trinajstić information content (AvgIpc) is 3.09. The molecule has 0 spiro atoms. The summed E-state index contributed by atoms with van der Waals surface area (Å²) in [6.07, 6.45) is 2.22. The van der Waals surface area contributed by atoms with Gasteiger partial charge in [-0.1, -0.05) is 84.9 Å². The highest BCUT2D eigenvalue weighted by Crippen LogP contribution is 2.47. The molecule has 0 bridgehead atoms. The molecule has 27 heavy (non-hydrogen) atoms. The molecule has 0 heterocycles. The molecule has 0 fully saturated rings. The Bertz CT molecular complexity index is 1420. The van der Waals surface area contributed by atoms with Gasteiger partial charge in [-0.25, -0.2) is 0 Å².